The van der Waals surface area contributed by atoms with E-state index in [9.17, 15) is 33.4 Å². The van der Waals surface area contributed by atoms with E-state index in [0.717, 1.165) is 17.0 Å². The van der Waals surface area contributed by atoms with E-state index in [0.29, 0.717) is 0 Å². The number of aromatic nitrogens is 2. The summed E-state index contributed by atoms with van der Waals surface area (Å²) < 4.78 is 58.0. The highest BCUT2D eigenvalue weighted by molar-refractivity contribution is 7.66. The van der Waals surface area contributed by atoms with Gasteiger partial charge in [-0.2, -0.15) is 13.6 Å². The van der Waals surface area contributed by atoms with Crippen molar-refractivity contribution in [2.75, 3.05) is 18.9 Å². The summed E-state index contributed by atoms with van der Waals surface area (Å²) in [5.41, 5.74) is 4.44. The smallest absolute Gasteiger partial charge is 0.386 e. The van der Waals surface area contributed by atoms with Crippen molar-refractivity contribution in [1.82, 2.24) is 9.55 Å². The molecule has 0 saturated carbocycles. The number of nitrogen functional groups attached to an aromatic ring is 1. The second-order valence-electron chi connectivity index (χ2n) is 6.33. The van der Waals surface area contributed by atoms with Crippen LogP contribution in [0.4, 0.5) is 5.82 Å². The standard InChI is InChI=1S/C12H21N4O14P3/c13-3-1-5-26-6-7-10(28-32(22,23)30-33(24,25)29-31(19,20)21)9(17)11(27-7)16-4-2-8(14)15-12(16)18/h2-4,7,9-11,13,17H,1,5-6H2,(H,22,23)(H,24,25)(H2,14,15,18)(H2,19,20,21)/t7-,9-,10-,11-/m1/s1. The molecule has 1 fully saturated rings. The Labute approximate surface area is 184 Å². The monoisotopic (exact) mass is 538 g/mol. The van der Waals surface area contributed by atoms with Gasteiger partial charge in [0.05, 0.1) is 13.2 Å². The molecular weight excluding hydrogens is 517 g/mol. The molecule has 0 bridgehead atoms. The minimum absolute atomic E-state index is 0.00939. The molecule has 1 aromatic rings. The van der Waals surface area contributed by atoms with Crippen molar-refractivity contribution >= 4 is 35.5 Å². The van der Waals surface area contributed by atoms with E-state index in [1.165, 1.54) is 6.07 Å². The van der Waals surface area contributed by atoms with Gasteiger partial charge < -0.3 is 45.3 Å². The number of aliphatic hydroxyl groups is 1. The normalized spacial score (nSPS) is 27.1. The number of hydrogen-bond acceptors (Lipinski definition) is 13. The number of phosphoric acid groups is 3. The van der Waals surface area contributed by atoms with Gasteiger partial charge >= 0.3 is 29.2 Å². The Morgan fingerprint density at radius 1 is 1.21 bits per heavy atom. The molecule has 18 nitrogen and oxygen atoms in total. The van der Waals surface area contributed by atoms with Gasteiger partial charge in [-0.05, 0) is 12.3 Å². The zero-order valence-electron chi connectivity index (χ0n) is 16.4. The average Bonchev–Trinajstić information content (AvgIpc) is 2.91. The Morgan fingerprint density at radius 3 is 2.45 bits per heavy atom. The van der Waals surface area contributed by atoms with Crippen LogP contribution in [0.25, 0.3) is 0 Å². The summed E-state index contributed by atoms with van der Waals surface area (Å²) in [6.45, 7) is -0.394. The molecule has 0 radical (unpaired) electrons. The molecule has 33 heavy (non-hydrogen) atoms. The van der Waals surface area contributed by atoms with Crippen molar-refractivity contribution in [3.8, 4) is 0 Å². The maximum Gasteiger partial charge on any atom is 0.490 e. The predicted molar refractivity (Wildman–Crippen MR) is 106 cm³/mol. The second kappa shape index (κ2) is 10.9. The number of rotatable bonds is 12. The van der Waals surface area contributed by atoms with Gasteiger partial charge in [-0.1, -0.05) is 0 Å². The van der Waals surface area contributed by atoms with Crippen molar-refractivity contribution in [3.05, 3.63) is 22.7 Å². The number of anilines is 1. The second-order valence-corrected chi connectivity index (χ2v) is 10.7. The number of phosphoric ester groups is 1. The van der Waals surface area contributed by atoms with Crippen LogP contribution in [0, 0.1) is 5.41 Å². The van der Waals surface area contributed by atoms with Crippen LogP contribution in [0.2, 0.25) is 0 Å². The highest BCUT2D eigenvalue weighted by atomic mass is 31.3. The van der Waals surface area contributed by atoms with Gasteiger partial charge in [-0.25, -0.2) is 18.5 Å². The van der Waals surface area contributed by atoms with E-state index in [1.54, 1.807) is 0 Å². The third-order valence-electron chi connectivity index (χ3n) is 3.79. The molecule has 1 aromatic heterocycles. The molecule has 1 saturated heterocycles. The van der Waals surface area contributed by atoms with Crippen molar-refractivity contribution in [1.29, 1.82) is 5.41 Å². The molecule has 21 heteroatoms. The number of nitrogens with two attached hydrogens (primary N) is 1. The van der Waals surface area contributed by atoms with E-state index >= 15 is 0 Å². The number of ether oxygens (including phenoxy) is 2. The summed E-state index contributed by atoms with van der Waals surface area (Å²) in [5.74, 6) is -0.139. The number of nitrogens with zero attached hydrogens (tertiary/aromatic N) is 2. The maximum absolute atomic E-state index is 12.2. The molecule has 0 spiro atoms. The molecule has 0 aliphatic carbocycles. The fourth-order valence-electron chi connectivity index (χ4n) is 2.63. The van der Waals surface area contributed by atoms with E-state index in [1.807, 2.05) is 0 Å². The fourth-order valence-corrected chi connectivity index (χ4v) is 5.86. The van der Waals surface area contributed by atoms with Gasteiger partial charge in [0, 0.05) is 12.6 Å². The number of aliphatic hydroxyl groups excluding tert-OH is 1. The lowest BCUT2D eigenvalue weighted by Gasteiger charge is -2.23. The van der Waals surface area contributed by atoms with Crippen LogP contribution >= 0.6 is 23.5 Å². The molecule has 1 aliphatic heterocycles. The Balaban J connectivity index is 2.26. The van der Waals surface area contributed by atoms with E-state index in [-0.39, 0.29) is 18.8 Å². The molecular formula is C12H21N4O14P3. The predicted octanol–water partition coefficient (Wildman–Crippen LogP) is -1.15. The Hall–Kier alpha value is -1.36. The summed E-state index contributed by atoms with van der Waals surface area (Å²) in [6, 6.07) is 1.20. The SMILES string of the molecule is N=CCCOC[C@H]1O[C@@H](n2ccc(N)nc2=O)[C@H](O)[C@@H]1OP(=O)(O)OP(=O)(O)OP(=O)(O)O. The third-order valence-corrected chi connectivity index (χ3v) is 7.63. The molecule has 2 heterocycles. The van der Waals surface area contributed by atoms with Crippen molar-refractivity contribution in [3.63, 3.8) is 0 Å². The first-order chi connectivity index (χ1) is 15.1. The molecule has 6 atom stereocenters. The highest BCUT2D eigenvalue weighted by Gasteiger charge is 2.51. The van der Waals surface area contributed by atoms with Crippen molar-refractivity contribution in [2.24, 2.45) is 0 Å². The summed E-state index contributed by atoms with van der Waals surface area (Å²) >= 11 is 0. The third kappa shape index (κ3) is 8.42. The lowest BCUT2D eigenvalue weighted by atomic mass is 10.1. The van der Waals surface area contributed by atoms with E-state index in [4.69, 9.17) is 34.9 Å². The quantitative estimate of drug-likeness (QED) is 0.0939. The number of hydrogen-bond donors (Lipinski definition) is 7. The van der Waals surface area contributed by atoms with Crippen molar-refractivity contribution < 1.29 is 61.0 Å². The summed E-state index contributed by atoms with van der Waals surface area (Å²) in [4.78, 5) is 51.8. The van der Waals surface area contributed by atoms with Crippen LogP contribution in [0.15, 0.2) is 17.1 Å². The lowest BCUT2D eigenvalue weighted by Crippen LogP contribution is -2.37. The minimum Gasteiger partial charge on any atom is -0.386 e. The molecule has 2 unspecified atom stereocenters. The first kappa shape index (κ1) is 27.9. The molecule has 188 valence electrons. The Kier molecular flexibility index (Phi) is 9.23. The van der Waals surface area contributed by atoms with Crippen LogP contribution < -0.4 is 11.4 Å². The first-order valence-corrected chi connectivity index (χ1v) is 13.2. The van der Waals surface area contributed by atoms with Crippen LogP contribution in [-0.4, -0.2) is 72.0 Å². The van der Waals surface area contributed by atoms with Gasteiger partial charge in [0.1, 0.15) is 24.1 Å². The maximum atomic E-state index is 12.2. The summed E-state index contributed by atoms with van der Waals surface area (Å²) in [6.07, 6.45) is -4.28. The Bertz CT molecular complexity index is 1040. The van der Waals surface area contributed by atoms with Crippen LogP contribution in [0.5, 0.6) is 0 Å². The fraction of sp³-hybridized carbons (Fsp3) is 0.583. The first-order valence-electron chi connectivity index (χ1n) is 8.71. The lowest BCUT2D eigenvalue weighted by molar-refractivity contribution is -0.0671. The topological polar surface area (TPSA) is 283 Å². The Morgan fingerprint density at radius 2 is 1.88 bits per heavy atom. The van der Waals surface area contributed by atoms with Gasteiger partial charge in [0.15, 0.2) is 6.23 Å². The van der Waals surface area contributed by atoms with Gasteiger partial charge in [-0.15, -0.1) is 0 Å². The zero-order valence-corrected chi connectivity index (χ0v) is 19.1. The van der Waals surface area contributed by atoms with Crippen LogP contribution in [0.3, 0.4) is 0 Å². The number of nitrogens with one attached hydrogen (secondary N) is 1. The summed E-state index contributed by atoms with van der Waals surface area (Å²) in [7, 11) is -17.1. The molecule has 0 amide bonds. The molecule has 0 aromatic carbocycles. The van der Waals surface area contributed by atoms with Gasteiger partial charge in [0.25, 0.3) is 0 Å². The average molecular weight is 538 g/mol. The van der Waals surface area contributed by atoms with Gasteiger partial charge in [0.2, 0.25) is 0 Å². The van der Waals surface area contributed by atoms with Crippen molar-refractivity contribution in [2.45, 2.75) is 31.0 Å². The van der Waals surface area contributed by atoms with Gasteiger partial charge in [-0.3, -0.25) is 9.09 Å². The molecule has 8 N–H and O–H groups in total. The van der Waals surface area contributed by atoms with Crippen LogP contribution in [0.1, 0.15) is 12.6 Å². The summed E-state index contributed by atoms with van der Waals surface area (Å²) in [5, 5.41) is 17.5. The highest BCUT2D eigenvalue weighted by Crippen LogP contribution is 2.67. The largest absolute Gasteiger partial charge is 0.490 e. The zero-order chi connectivity index (χ0) is 25.0. The minimum atomic E-state index is -5.81. The molecule has 2 rings (SSSR count). The van der Waals surface area contributed by atoms with E-state index in [2.05, 4.69) is 13.6 Å². The molecule has 1 aliphatic rings. The van der Waals surface area contributed by atoms with E-state index < -0.39 is 60.3 Å². The van der Waals surface area contributed by atoms with Crippen LogP contribution in [-0.2, 0) is 36.3 Å².